The molecule has 234 valence electrons. The maximum absolute atomic E-state index is 2.40. The second-order valence-corrected chi connectivity index (χ2v) is 12.9. The Kier molecular flexibility index (Phi) is 7.61. The van der Waals surface area contributed by atoms with Gasteiger partial charge < -0.3 is 0 Å². The second-order valence-electron chi connectivity index (χ2n) is 12.9. The van der Waals surface area contributed by atoms with Gasteiger partial charge in [0.25, 0.3) is 0 Å². The quantitative estimate of drug-likeness (QED) is 0.160. The lowest BCUT2D eigenvalue weighted by Gasteiger charge is -2.19. The fraction of sp³-hybridized carbons (Fsp3) is 0. The van der Waals surface area contributed by atoms with Crippen LogP contribution in [0.15, 0.2) is 206 Å². The molecule has 0 saturated carbocycles. The Labute approximate surface area is 293 Å². The Bertz CT molecular complexity index is 2560. The Morgan fingerprint density at radius 3 is 0.820 bits per heavy atom. The van der Waals surface area contributed by atoms with Crippen LogP contribution in [-0.2, 0) is 0 Å². The van der Waals surface area contributed by atoms with Gasteiger partial charge in [-0.25, -0.2) is 0 Å². The van der Waals surface area contributed by atoms with Crippen molar-refractivity contribution in [3.05, 3.63) is 206 Å². The molecule has 0 aromatic heterocycles. The molecule has 9 aromatic rings. The molecule has 0 spiro atoms. The van der Waals surface area contributed by atoms with E-state index in [2.05, 4.69) is 206 Å². The first-order valence-electron chi connectivity index (χ1n) is 17.3. The topological polar surface area (TPSA) is 0 Å². The molecule has 0 nitrogen and oxygen atoms in total. The van der Waals surface area contributed by atoms with E-state index < -0.39 is 0 Å². The zero-order valence-corrected chi connectivity index (χ0v) is 27.6. The summed E-state index contributed by atoms with van der Waals surface area (Å²) in [4.78, 5) is 0. The highest BCUT2D eigenvalue weighted by molar-refractivity contribution is 6.22. The maximum atomic E-state index is 2.40. The molecule has 0 N–H and O–H groups in total. The third-order valence-electron chi connectivity index (χ3n) is 9.91. The van der Waals surface area contributed by atoms with Gasteiger partial charge in [-0.15, -0.1) is 0 Å². The van der Waals surface area contributed by atoms with Crippen LogP contribution in [0.3, 0.4) is 0 Å². The highest BCUT2D eigenvalue weighted by atomic mass is 14.2. The van der Waals surface area contributed by atoms with E-state index in [1.165, 1.54) is 88.3 Å². The number of fused-ring (bicyclic) bond motifs is 2. The van der Waals surface area contributed by atoms with E-state index in [4.69, 9.17) is 0 Å². The minimum Gasteiger partial charge on any atom is -0.0622 e. The molecule has 9 rings (SSSR count). The molecule has 0 amide bonds. The second kappa shape index (κ2) is 12.8. The van der Waals surface area contributed by atoms with Crippen molar-refractivity contribution in [1.82, 2.24) is 0 Å². The van der Waals surface area contributed by atoms with Crippen LogP contribution in [0, 0.1) is 0 Å². The molecule has 0 fully saturated rings. The van der Waals surface area contributed by atoms with Crippen LogP contribution < -0.4 is 0 Å². The van der Waals surface area contributed by atoms with Crippen molar-refractivity contribution in [2.24, 2.45) is 0 Å². The smallest absolute Gasteiger partial charge is 0.00261 e. The Balaban J connectivity index is 1.25. The van der Waals surface area contributed by atoms with Crippen molar-refractivity contribution in [2.45, 2.75) is 0 Å². The summed E-state index contributed by atoms with van der Waals surface area (Å²) >= 11 is 0. The predicted octanol–water partition coefficient (Wildman–Crippen LogP) is 14.0. The standard InChI is InChI=1S/C50H34/c1-4-12-35(13-5-1)38-20-22-41(23-21-38)44-32-33-47-48(34-44)50(43-30-26-40(27-31-43)37-16-8-3-9-17-37)46-19-11-10-18-45(46)49(47)42-28-24-39(25-29-42)36-14-6-2-7-15-36/h1-34H. The van der Waals surface area contributed by atoms with Crippen molar-refractivity contribution < 1.29 is 0 Å². The van der Waals surface area contributed by atoms with Gasteiger partial charge in [-0.1, -0.05) is 200 Å². The summed E-state index contributed by atoms with van der Waals surface area (Å²) in [6, 6.07) is 74.9. The maximum Gasteiger partial charge on any atom is -0.00261 e. The molecule has 0 bridgehead atoms. The monoisotopic (exact) mass is 634 g/mol. The third-order valence-corrected chi connectivity index (χ3v) is 9.91. The van der Waals surface area contributed by atoms with Crippen molar-refractivity contribution >= 4 is 21.5 Å². The molecule has 50 heavy (non-hydrogen) atoms. The van der Waals surface area contributed by atoms with Crippen molar-refractivity contribution in [3.63, 3.8) is 0 Å². The van der Waals surface area contributed by atoms with Crippen LogP contribution >= 0.6 is 0 Å². The Morgan fingerprint density at radius 2 is 0.420 bits per heavy atom. The van der Waals surface area contributed by atoms with E-state index in [0.717, 1.165) is 0 Å². The molecule has 0 aliphatic rings. The van der Waals surface area contributed by atoms with Crippen molar-refractivity contribution in [3.8, 4) is 66.8 Å². The SMILES string of the molecule is c1ccc(-c2ccc(-c3ccc4c(-c5ccc(-c6ccccc6)cc5)c5ccccc5c(-c5ccc(-c6ccccc6)cc5)c4c3)cc2)cc1. The van der Waals surface area contributed by atoms with Gasteiger partial charge in [-0.2, -0.15) is 0 Å². The average Bonchev–Trinajstić information content (AvgIpc) is 3.21. The van der Waals surface area contributed by atoms with Gasteiger partial charge in [0, 0.05) is 0 Å². The fourth-order valence-corrected chi connectivity index (χ4v) is 7.39. The number of hydrogen-bond donors (Lipinski definition) is 0. The van der Waals surface area contributed by atoms with Crippen molar-refractivity contribution in [1.29, 1.82) is 0 Å². The number of hydrogen-bond acceptors (Lipinski definition) is 0. The highest BCUT2D eigenvalue weighted by Crippen LogP contribution is 2.45. The van der Waals surface area contributed by atoms with Crippen LogP contribution in [0.5, 0.6) is 0 Å². The number of benzene rings is 9. The normalized spacial score (nSPS) is 11.2. The van der Waals surface area contributed by atoms with Crippen molar-refractivity contribution in [2.75, 3.05) is 0 Å². The van der Waals surface area contributed by atoms with Crippen LogP contribution in [0.25, 0.3) is 88.3 Å². The van der Waals surface area contributed by atoms with Crippen LogP contribution in [0.2, 0.25) is 0 Å². The summed E-state index contributed by atoms with van der Waals surface area (Å²) in [6.07, 6.45) is 0. The molecular formula is C50H34. The van der Waals surface area contributed by atoms with Gasteiger partial charge in [0.2, 0.25) is 0 Å². The first kappa shape index (κ1) is 29.6. The molecule has 0 aliphatic heterocycles. The Morgan fingerprint density at radius 1 is 0.160 bits per heavy atom. The van der Waals surface area contributed by atoms with E-state index >= 15 is 0 Å². The minimum atomic E-state index is 1.21. The molecule has 0 heterocycles. The zero-order valence-electron chi connectivity index (χ0n) is 27.6. The van der Waals surface area contributed by atoms with E-state index in [1.54, 1.807) is 0 Å². The molecular weight excluding hydrogens is 601 g/mol. The average molecular weight is 635 g/mol. The van der Waals surface area contributed by atoms with Gasteiger partial charge >= 0.3 is 0 Å². The van der Waals surface area contributed by atoms with E-state index in [1.807, 2.05) is 0 Å². The lowest BCUT2D eigenvalue weighted by Crippen LogP contribution is -1.92. The molecule has 0 saturated heterocycles. The largest absolute Gasteiger partial charge is 0.0622 e. The molecule has 0 unspecified atom stereocenters. The molecule has 0 aliphatic carbocycles. The third kappa shape index (κ3) is 5.48. The van der Waals surface area contributed by atoms with E-state index in [0.29, 0.717) is 0 Å². The van der Waals surface area contributed by atoms with E-state index in [9.17, 15) is 0 Å². The molecule has 0 heteroatoms. The van der Waals surface area contributed by atoms with Gasteiger partial charge in [-0.05, 0) is 94.4 Å². The zero-order chi connectivity index (χ0) is 33.3. The summed E-state index contributed by atoms with van der Waals surface area (Å²) in [5.41, 5.74) is 14.7. The lowest BCUT2D eigenvalue weighted by atomic mass is 9.84. The predicted molar refractivity (Wildman–Crippen MR) is 214 cm³/mol. The van der Waals surface area contributed by atoms with Crippen LogP contribution in [-0.4, -0.2) is 0 Å². The molecule has 0 atom stereocenters. The Hall–Kier alpha value is -6.50. The lowest BCUT2D eigenvalue weighted by molar-refractivity contribution is 1.59. The molecule has 9 aromatic carbocycles. The van der Waals surface area contributed by atoms with Gasteiger partial charge in [0.15, 0.2) is 0 Å². The van der Waals surface area contributed by atoms with E-state index in [-0.39, 0.29) is 0 Å². The molecule has 0 radical (unpaired) electrons. The van der Waals surface area contributed by atoms with Gasteiger partial charge in [0.1, 0.15) is 0 Å². The fourth-order valence-electron chi connectivity index (χ4n) is 7.39. The van der Waals surface area contributed by atoms with Gasteiger partial charge in [-0.3, -0.25) is 0 Å². The highest BCUT2D eigenvalue weighted by Gasteiger charge is 2.18. The summed E-state index contributed by atoms with van der Waals surface area (Å²) < 4.78 is 0. The summed E-state index contributed by atoms with van der Waals surface area (Å²) in [7, 11) is 0. The summed E-state index contributed by atoms with van der Waals surface area (Å²) in [5, 5.41) is 5.02. The summed E-state index contributed by atoms with van der Waals surface area (Å²) in [6.45, 7) is 0. The van der Waals surface area contributed by atoms with Crippen LogP contribution in [0.4, 0.5) is 0 Å². The summed E-state index contributed by atoms with van der Waals surface area (Å²) in [5.74, 6) is 0. The minimum absolute atomic E-state index is 1.21. The first-order chi connectivity index (χ1) is 24.8. The van der Waals surface area contributed by atoms with Crippen LogP contribution in [0.1, 0.15) is 0 Å². The van der Waals surface area contributed by atoms with Gasteiger partial charge in [0.05, 0.1) is 0 Å². The number of rotatable bonds is 6. The first-order valence-corrected chi connectivity index (χ1v) is 17.3.